The smallest absolute Gasteiger partial charge is 0.387 e. The fourth-order valence-corrected chi connectivity index (χ4v) is 2.72. The largest absolute Gasteiger partial charge is 0.435 e. The molecule has 4 heteroatoms. The molecule has 2 nitrogen and oxygen atoms in total. The molecule has 1 N–H and O–H groups in total. The SMILES string of the molecule is CCCNC(C1=CCCCC1)c1ccc(OC(F)F)cc1. The van der Waals surface area contributed by atoms with E-state index in [1.165, 1.54) is 18.4 Å². The highest BCUT2D eigenvalue weighted by Gasteiger charge is 2.17. The molecule has 0 bridgehead atoms. The Balaban J connectivity index is 2.13. The lowest BCUT2D eigenvalue weighted by molar-refractivity contribution is -0.0498. The molecule has 0 fully saturated rings. The number of benzene rings is 1. The van der Waals surface area contributed by atoms with Crippen LogP contribution in [0.3, 0.4) is 0 Å². The van der Waals surface area contributed by atoms with E-state index in [0.717, 1.165) is 31.4 Å². The van der Waals surface area contributed by atoms with Crippen LogP contribution < -0.4 is 10.1 Å². The van der Waals surface area contributed by atoms with Crippen molar-refractivity contribution < 1.29 is 13.5 Å². The third-order valence-electron chi connectivity index (χ3n) is 3.73. The highest BCUT2D eigenvalue weighted by atomic mass is 19.3. The first kappa shape index (κ1) is 16.0. The lowest BCUT2D eigenvalue weighted by Crippen LogP contribution is -2.24. The van der Waals surface area contributed by atoms with Crippen LogP contribution >= 0.6 is 0 Å². The summed E-state index contributed by atoms with van der Waals surface area (Å²) in [6, 6.07) is 7.17. The van der Waals surface area contributed by atoms with E-state index in [0.29, 0.717) is 0 Å². The maximum atomic E-state index is 12.2. The average molecular weight is 295 g/mol. The topological polar surface area (TPSA) is 21.3 Å². The first-order valence-electron chi connectivity index (χ1n) is 7.67. The van der Waals surface area contributed by atoms with Gasteiger partial charge in [0.2, 0.25) is 0 Å². The van der Waals surface area contributed by atoms with Gasteiger partial charge in [0.05, 0.1) is 6.04 Å². The van der Waals surface area contributed by atoms with Gasteiger partial charge in [-0.1, -0.05) is 30.7 Å². The molecule has 1 aromatic rings. The molecule has 2 rings (SSSR count). The van der Waals surface area contributed by atoms with E-state index in [2.05, 4.69) is 23.1 Å². The van der Waals surface area contributed by atoms with E-state index < -0.39 is 6.61 Å². The monoisotopic (exact) mass is 295 g/mol. The van der Waals surface area contributed by atoms with Crippen LogP contribution in [0.1, 0.15) is 50.6 Å². The van der Waals surface area contributed by atoms with Crippen molar-refractivity contribution in [2.45, 2.75) is 51.7 Å². The van der Waals surface area contributed by atoms with Crippen LogP contribution in [0.25, 0.3) is 0 Å². The Morgan fingerprint density at radius 3 is 2.52 bits per heavy atom. The van der Waals surface area contributed by atoms with E-state index in [-0.39, 0.29) is 11.8 Å². The predicted molar refractivity (Wildman–Crippen MR) is 80.7 cm³/mol. The number of ether oxygens (including phenoxy) is 1. The minimum absolute atomic E-state index is 0.186. The first-order valence-corrected chi connectivity index (χ1v) is 7.67. The zero-order valence-corrected chi connectivity index (χ0v) is 12.4. The second-order valence-corrected chi connectivity index (χ2v) is 5.36. The Bertz CT molecular complexity index is 456. The highest BCUT2D eigenvalue weighted by molar-refractivity contribution is 5.34. The van der Waals surface area contributed by atoms with Crippen LogP contribution in [-0.4, -0.2) is 13.2 Å². The van der Waals surface area contributed by atoms with E-state index in [9.17, 15) is 8.78 Å². The molecule has 0 aliphatic heterocycles. The van der Waals surface area contributed by atoms with Crippen molar-refractivity contribution >= 4 is 0 Å². The van der Waals surface area contributed by atoms with E-state index in [1.54, 1.807) is 12.1 Å². The molecule has 116 valence electrons. The highest BCUT2D eigenvalue weighted by Crippen LogP contribution is 2.31. The summed E-state index contributed by atoms with van der Waals surface area (Å²) in [6.07, 6.45) is 8.10. The van der Waals surface area contributed by atoms with Crippen LogP contribution in [0.15, 0.2) is 35.9 Å². The molecule has 0 amide bonds. The first-order chi connectivity index (χ1) is 10.2. The minimum atomic E-state index is -2.77. The average Bonchev–Trinajstić information content (AvgIpc) is 2.50. The van der Waals surface area contributed by atoms with Gasteiger partial charge < -0.3 is 10.1 Å². The van der Waals surface area contributed by atoms with Crippen molar-refractivity contribution in [2.24, 2.45) is 0 Å². The molecular formula is C17H23F2NO. The molecule has 1 aliphatic rings. The third kappa shape index (κ3) is 4.81. The molecule has 1 aliphatic carbocycles. The van der Waals surface area contributed by atoms with Crippen LogP contribution in [-0.2, 0) is 0 Å². The van der Waals surface area contributed by atoms with Gasteiger partial charge in [0.15, 0.2) is 0 Å². The molecule has 0 radical (unpaired) electrons. The van der Waals surface area contributed by atoms with Crippen LogP contribution in [0.5, 0.6) is 5.75 Å². The summed E-state index contributed by atoms with van der Waals surface area (Å²) < 4.78 is 28.8. The number of nitrogens with one attached hydrogen (secondary N) is 1. The predicted octanol–water partition coefficient (Wildman–Crippen LogP) is 4.83. The molecule has 1 unspecified atom stereocenters. The van der Waals surface area contributed by atoms with Crippen LogP contribution in [0.4, 0.5) is 8.78 Å². The van der Waals surface area contributed by atoms with E-state index >= 15 is 0 Å². The van der Waals surface area contributed by atoms with Gasteiger partial charge in [0, 0.05) is 0 Å². The van der Waals surface area contributed by atoms with Gasteiger partial charge in [-0.15, -0.1) is 0 Å². The fourth-order valence-electron chi connectivity index (χ4n) is 2.72. The summed E-state index contributed by atoms with van der Waals surface area (Å²) in [5, 5.41) is 3.56. The van der Waals surface area contributed by atoms with Gasteiger partial charge in [0.25, 0.3) is 0 Å². The molecule has 0 aromatic heterocycles. The number of halogens is 2. The zero-order chi connectivity index (χ0) is 15.1. The second kappa shape index (κ2) is 8.13. The standard InChI is InChI=1S/C17H23F2NO/c1-2-12-20-16(13-6-4-3-5-7-13)14-8-10-15(11-9-14)21-17(18)19/h6,8-11,16-17,20H,2-5,7,12H2,1H3. The normalized spacial score (nSPS) is 16.7. The molecule has 1 aromatic carbocycles. The van der Waals surface area contributed by atoms with Crippen molar-refractivity contribution in [1.82, 2.24) is 5.32 Å². The Hall–Kier alpha value is -1.42. The third-order valence-corrected chi connectivity index (χ3v) is 3.73. The number of allylic oxidation sites excluding steroid dienone is 1. The lowest BCUT2D eigenvalue weighted by atomic mass is 9.89. The van der Waals surface area contributed by atoms with E-state index in [1.807, 2.05) is 12.1 Å². The number of hydrogen-bond donors (Lipinski definition) is 1. The van der Waals surface area contributed by atoms with Crippen molar-refractivity contribution in [2.75, 3.05) is 6.54 Å². The Morgan fingerprint density at radius 2 is 1.95 bits per heavy atom. The summed E-state index contributed by atoms with van der Waals surface area (Å²) in [7, 11) is 0. The quantitative estimate of drug-likeness (QED) is 0.727. The summed E-state index contributed by atoms with van der Waals surface area (Å²) in [5.41, 5.74) is 2.52. The molecular weight excluding hydrogens is 272 g/mol. The summed E-state index contributed by atoms with van der Waals surface area (Å²) in [4.78, 5) is 0. The molecule has 0 saturated heterocycles. The van der Waals surface area contributed by atoms with Crippen LogP contribution in [0, 0.1) is 0 Å². The van der Waals surface area contributed by atoms with Gasteiger partial charge in [-0.05, 0) is 56.3 Å². The molecule has 21 heavy (non-hydrogen) atoms. The maximum absolute atomic E-state index is 12.2. The molecule has 1 atom stereocenters. The summed E-state index contributed by atoms with van der Waals surface area (Å²) in [5.74, 6) is 0.209. The number of hydrogen-bond acceptors (Lipinski definition) is 2. The Morgan fingerprint density at radius 1 is 1.19 bits per heavy atom. The summed E-state index contributed by atoms with van der Waals surface area (Å²) >= 11 is 0. The van der Waals surface area contributed by atoms with Gasteiger partial charge in [-0.2, -0.15) is 8.78 Å². The van der Waals surface area contributed by atoms with Crippen molar-refractivity contribution in [3.8, 4) is 5.75 Å². The van der Waals surface area contributed by atoms with Crippen molar-refractivity contribution in [3.05, 3.63) is 41.5 Å². The van der Waals surface area contributed by atoms with Crippen molar-refractivity contribution in [3.63, 3.8) is 0 Å². The Labute approximate surface area is 125 Å². The fraction of sp³-hybridized carbons (Fsp3) is 0.529. The van der Waals surface area contributed by atoms with E-state index in [4.69, 9.17) is 0 Å². The van der Waals surface area contributed by atoms with Gasteiger partial charge >= 0.3 is 6.61 Å². The van der Waals surface area contributed by atoms with Gasteiger partial charge in [-0.3, -0.25) is 0 Å². The number of alkyl halides is 2. The van der Waals surface area contributed by atoms with Gasteiger partial charge in [0.1, 0.15) is 5.75 Å². The molecule has 0 saturated carbocycles. The summed E-state index contributed by atoms with van der Waals surface area (Å²) in [6.45, 7) is 0.307. The van der Waals surface area contributed by atoms with Crippen molar-refractivity contribution in [1.29, 1.82) is 0 Å². The Kier molecular flexibility index (Phi) is 6.18. The second-order valence-electron chi connectivity index (χ2n) is 5.36. The number of rotatable bonds is 7. The maximum Gasteiger partial charge on any atom is 0.387 e. The lowest BCUT2D eigenvalue weighted by Gasteiger charge is -2.25. The zero-order valence-electron chi connectivity index (χ0n) is 12.4. The van der Waals surface area contributed by atoms with Crippen LogP contribution in [0.2, 0.25) is 0 Å². The van der Waals surface area contributed by atoms with Gasteiger partial charge in [-0.25, -0.2) is 0 Å². The molecule has 0 heterocycles. The molecule has 0 spiro atoms. The minimum Gasteiger partial charge on any atom is -0.435 e.